The molecule has 0 atom stereocenters. The molecule has 5 heteroatoms. The van der Waals surface area contributed by atoms with Gasteiger partial charge in [-0.2, -0.15) is 4.98 Å². The SMILES string of the molecule is CCCc1noc(CNc2ccccc2OCC)n1. The van der Waals surface area contributed by atoms with Crippen LogP contribution in [0.2, 0.25) is 0 Å². The molecule has 0 amide bonds. The molecule has 102 valence electrons. The summed E-state index contributed by atoms with van der Waals surface area (Å²) in [6, 6.07) is 7.81. The molecule has 1 aromatic heterocycles. The lowest BCUT2D eigenvalue weighted by atomic mass is 10.3. The Kier molecular flexibility index (Phi) is 4.78. The molecule has 0 aliphatic heterocycles. The van der Waals surface area contributed by atoms with Crippen molar-refractivity contribution in [3.63, 3.8) is 0 Å². The summed E-state index contributed by atoms with van der Waals surface area (Å²) in [4.78, 5) is 4.31. The zero-order valence-electron chi connectivity index (χ0n) is 11.3. The molecule has 0 bridgehead atoms. The summed E-state index contributed by atoms with van der Waals surface area (Å²) in [7, 11) is 0. The van der Waals surface area contributed by atoms with Gasteiger partial charge in [0, 0.05) is 6.42 Å². The van der Waals surface area contributed by atoms with Crippen molar-refractivity contribution in [2.45, 2.75) is 33.2 Å². The molecule has 1 heterocycles. The van der Waals surface area contributed by atoms with Crippen molar-refractivity contribution in [1.29, 1.82) is 0 Å². The highest BCUT2D eigenvalue weighted by Crippen LogP contribution is 2.24. The van der Waals surface area contributed by atoms with E-state index in [-0.39, 0.29) is 0 Å². The van der Waals surface area contributed by atoms with Gasteiger partial charge in [0.2, 0.25) is 5.89 Å². The monoisotopic (exact) mass is 261 g/mol. The highest BCUT2D eigenvalue weighted by atomic mass is 16.5. The van der Waals surface area contributed by atoms with Gasteiger partial charge in [-0.3, -0.25) is 0 Å². The van der Waals surface area contributed by atoms with Gasteiger partial charge >= 0.3 is 0 Å². The molecule has 5 nitrogen and oxygen atoms in total. The van der Waals surface area contributed by atoms with Gasteiger partial charge in [0.25, 0.3) is 0 Å². The molecule has 0 unspecified atom stereocenters. The minimum atomic E-state index is 0.501. The maximum atomic E-state index is 5.54. The number of nitrogens with one attached hydrogen (secondary N) is 1. The van der Waals surface area contributed by atoms with E-state index in [0.717, 1.165) is 30.1 Å². The van der Waals surface area contributed by atoms with E-state index in [1.165, 1.54) is 0 Å². The second-order valence-corrected chi connectivity index (χ2v) is 4.14. The van der Waals surface area contributed by atoms with Crippen LogP contribution in [-0.2, 0) is 13.0 Å². The Morgan fingerprint density at radius 1 is 1.26 bits per heavy atom. The van der Waals surface area contributed by atoms with Gasteiger partial charge in [-0.1, -0.05) is 24.2 Å². The van der Waals surface area contributed by atoms with Crippen molar-refractivity contribution >= 4 is 5.69 Å². The molecule has 1 aromatic carbocycles. The van der Waals surface area contributed by atoms with Crippen LogP contribution in [0.5, 0.6) is 5.75 Å². The van der Waals surface area contributed by atoms with Crippen LogP contribution in [0.15, 0.2) is 28.8 Å². The Labute approximate surface area is 113 Å². The van der Waals surface area contributed by atoms with Gasteiger partial charge in [-0.25, -0.2) is 0 Å². The van der Waals surface area contributed by atoms with Crippen LogP contribution in [0.4, 0.5) is 5.69 Å². The highest BCUT2D eigenvalue weighted by molar-refractivity contribution is 5.56. The fourth-order valence-corrected chi connectivity index (χ4v) is 1.75. The molecular weight excluding hydrogens is 242 g/mol. The molecule has 0 aliphatic carbocycles. The highest BCUT2D eigenvalue weighted by Gasteiger charge is 2.07. The van der Waals surface area contributed by atoms with Gasteiger partial charge in [0.15, 0.2) is 5.82 Å². The lowest BCUT2D eigenvalue weighted by Crippen LogP contribution is -2.03. The van der Waals surface area contributed by atoms with E-state index in [0.29, 0.717) is 19.0 Å². The third kappa shape index (κ3) is 3.71. The molecule has 0 radical (unpaired) electrons. The summed E-state index contributed by atoms with van der Waals surface area (Å²) in [6.45, 7) is 5.19. The van der Waals surface area contributed by atoms with Crippen molar-refractivity contribution < 1.29 is 9.26 Å². The largest absolute Gasteiger partial charge is 0.492 e. The lowest BCUT2D eigenvalue weighted by Gasteiger charge is -2.10. The molecular formula is C14H19N3O2. The first-order chi connectivity index (χ1) is 9.33. The second kappa shape index (κ2) is 6.78. The Morgan fingerprint density at radius 3 is 2.89 bits per heavy atom. The third-order valence-corrected chi connectivity index (χ3v) is 2.60. The first kappa shape index (κ1) is 13.4. The van der Waals surface area contributed by atoms with E-state index in [1.54, 1.807) is 0 Å². The van der Waals surface area contributed by atoms with Crippen LogP contribution in [0, 0.1) is 0 Å². The Bertz CT molecular complexity index is 511. The van der Waals surface area contributed by atoms with E-state index in [9.17, 15) is 0 Å². The zero-order chi connectivity index (χ0) is 13.5. The summed E-state index contributed by atoms with van der Waals surface area (Å²) in [5, 5.41) is 7.17. The molecule has 0 saturated carbocycles. The number of hydrogen-bond donors (Lipinski definition) is 1. The van der Waals surface area contributed by atoms with E-state index < -0.39 is 0 Å². The quantitative estimate of drug-likeness (QED) is 0.830. The molecule has 0 fully saturated rings. The Morgan fingerprint density at radius 2 is 2.11 bits per heavy atom. The third-order valence-electron chi connectivity index (χ3n) is 2.60. The minimum Gasteiger partial charge on any atom is -0.492 e. The fraction of sp³-hybridized carbons (Fsp3) is 0.429. The second-order valence-electron chi connectivity index (χ2n) is 4.14. The number of rotatable bonds is 7. The summed E-state index contributed by atoms with van der Waals surface area (Å²) in [6.07, 6.45) is 1.86. The molecule has 0 saturated heterocycles. The summed E-state index contributed by atoms with van der Waals surface area (Å²) >= 11 is 0. The van der Waals surface area contributed by atoms with Crippen LogP contribution in [-0.4, -0.2) is 16.7 Å². The fourth-order valence-electron chi connectivity index (χ4n) is 1.75. The summed E-state index contributed by atoms with van der Waals surface area (Å²) < 4.78 is 10.7. The molecule has 2 aromatic rings. The lowest BCUT2D eigenvalue weighted by molar-refractivity contribution is 0.341. The first-order valence-corrected chi connectivity index (χ1v) is 6.60. The van der Waals surface area contributed by atoms with Crippen LogP contribution >= 0.6 is 0 Å². The van der Waals surface area contributed by atoms with Gasteiger partial charge < -0.3 is 14.6 Å². The molecule has 0 spiro atoms. The number of aromatic nitrogens is 2. The molecule has 1 N–H and O–H groups in total. The van der Waals surface area contributed by atoms with Gasteiger partial charge in [-0.05, 0) is 25.5 Å². The van der Waals surface area contributed by atoms with Crippen molar-refractivity contribution in [2.75, 3.05) is 11.9 Å². The summed E-state index contributed by atoms with van der Waals surface area (Å²) in [5.41, 5.74) is 0.930. The number of para-hydroxylation sites is 2. The predicted molar refractivity (Wildman–Crippen MR) is 73.2 cm³/mol. The zero-order valence-corrected chi connectivity index (χ0v) is 11.3. The van der Waals surface area contributed by atoms with Crippen LogP contribution < -0.4 is 10.1 Å². The van der Waals surface area contributed by atoms with Gasteiger partial charge in [0.1, 0.15) is 5.75 Å². The van der Waals surface area contributed by atoms with Crippen LogP contribution in [0.25, 0.3) is 0 Å². The number of aryl methyl sites for hydroxylation is 1. The maximum Gasteiger partial charge on any atom is 0.245 e. The number of benzene rings is 1. The van der Waals surface area contributed by atoms with E-state index in [2.05, 4.69) is 22.4 Å². The average Bonchev–Trinajstić information content (AvgIpc) is 2.86. The van der Waals surface area contributed by atoms with Crippen LogP contribution in [0.1, 0.15) is 32.0 Å². The number of hydrogen-bond acceptors (Lipinski definition) is 5. The van der Waals surface area contributed by atoms with Crippen molar-refractivity contribution in [3.8, 4) is 5.75 Å². The predicted octanol–water partition coefficient (Wildman–Crippen LogP) is 3.03. The van der Waals surface area contributed by atoms with E-state index in [1.807, 2.05) is 31.2 Å². The minimum absolute atomic E-state index is 0.501. The topological polar surface area (TPSA) is 60.2 Å². The van der Waals surface area contributed by atoms with Crippen molar-refractivity contribution in [1.82, 2.24) is 10.1 Å². The Hall–Kier alpha value is -2.04. The normalized spacial score (nSPS) is 10.4. The van der Waals surface area contributed by atoms with Crippen molar-refractivity contribution in [3.05, 3.63) is 36.0 Å². The average molecular weight is 261 g/mol. The standard InChI is InChI=1S/C14H19N3O2/c1-3-7-13-16-14(19-17-13)10-15-11-8-5-6-9-12(11)18-4-2/h5-6,8-9,15H,3-4,7,10H2,1-2H3. The Balaban J connectivity index is 1.97. The number of nitrogens with zero attached hydrogens (tertiary/aromatic N) is 2. The molecule has 0 aliphatic rings. The van der Waals surface area contributed by atoms with Gasteiger partial charge in [-0.15, -0.1) is 0 Å². The molecule has 2 rings (SSSR count). The van der Waals surface area contributed by atoms with Gasteiger partial charge in [0.05, 0.1) is 18.8 Å². The summed E-state index contributed by atoms with van der Waals surface area (Å²) in [5.74, 6) is 2.19. The first-order valence-electron chi connectivity index (χ1n) is 6.60. The smallest absolute Gasteiger partial charge is 0.245 e. The van der Waals surface area contributed by atoms with Crippen LogP contribution in [0.3, 0.4) is 0 Å². The van der Waals surface area contributed by atoms with E-state index in [4.69, 9.17) is 9.26 Å². The number of anilines is 1. The van der Waals surface area contributed by atoms with Crippen molar-refractivity contribution in [2.24, 2.45) is 0 Å². The number of ether oxygens (including phenoxy) is 1. The molecule has 19 heavy (non-hydrogen) atoms. The van der Waals surface area contributed by atoms with E-state index >= 15 is 0 Å². The maximum absolute atomic E-state index is 5.54.